The summed E-state index contributed by atoms with van der Waals surface area (Å²) in [7, 11) is 0. The summed E-state index contributed by atoms with van der Waals surface area (Å²) in [5.74, 6) is 0.116. The average Bonchev–Trinajstić information content (AvgIpc) is 2.38. The van der Waals surface area contributed by atoms with Gasteiger partial charge < -0.3 is 5.11 Å². The molecule has 0 saturated heterocycles. The van der Waals surface area contributed by atoms with E-state index < -0.39 is 0 Å². The van der Waals surface area contributed by atoms with Crippen LogP contribution < -0.4 is 5.43 Å². The number of hydrogen-bond donors (Lipinski definition) is 1. The lowest BCUT2D eigenvalue weighted by molar-refractivity contribution is 0.470. The van der Waals surface area contributed by atoms with Crippen LogP contribution in [0, 0.1) is 0 Å². The molecule has 92 valence electrons. The molecule has 0 radical (unpaired) electrons. The Hall–Kier alpha value is -1.57. The third kappa shape index (κ3) is 3.74. The van der Waals surface area contributed by atoms with Gasteiger partial charge in [0.25, 0.3) is 0 Å². The van der Waals surface area contributed by atoms with Gasteiger partial charge in [0.15, 0.2) is 5.75 Å². The molecule has 0 aliphatic carbocycles. The van der Waals surface area contributed by atoms with E-state index in [1.165, 1.54) is 11.6 Å². The third-order valence-corrected chi connectivity index (χ3v) is 2.70. The van der Waals surface area contributed by atoms with E-state index in [1.807, 2.05) is 6.07 Å². The summed E-state index contributed by atoms with van der Waals surface area (Å²) < 4.78 is 0. The first-order chi connectivity index (χ1) is 7.91. The monoisotopic (exact) mass is 232 g/mol. The lowest BCUT2D eigenvalue weighted by Gasteiger charge is -2.08. The molecule has 0 fully saturated rings. The molecule has 0 amide bonds. The van der Waals surface area contributed by atoms with Crippen molar-refractivity contribution in [1.82, 2.24) is 0 Å². The van der Waals surface area contributed by atoms with E-state index in [2.05, 4.69) is 33.8 Å². The predicted molar refractivity (Wildman–Crippen MR) is 71.6 cm³/mol. The van der Waals surface area contributed by atoms with Crippen LogP contribution in [0.3, 0.4) is 0 Å². The molecular formula is C15H20O2. The Balaban J connectivity index is 3.33. The zero-order valence-corrected chi connectivity index (χ0v) is 10.9. The highest BCUT2D eigenvalue weighted by Gasteiger charge is 2.07. The molecule has 1 aromatic carbocycles. The van der Waals surface area contributed by atoms with Crippen molar-refractivity contribution in [1.29, 1.82) is 0 Å². The van der Waals surface area contributed by atoms with Gasteiger partial charge in [0.1, 0.15) is 0 Å². The van der Waals surface area contributed by atoms with Gasteiger partial charge >= 0.3 is 0 Å². The minimum atomic E-state index is -0.324. The molecule has 0 bridgehead atoms. The van der Waals surface area contributed by atoms with Crippen molar-refractivity contribution < 1.29 is 5.11 Å². The lowest BCUT2D eigenvalue weighted by atomic mass is 9.97. The van der Waals surface area contributed by atoms with Gasteiger partial charge in [-0.15, -0.1) is 0 Å². The molecule has 0 atom stereocenters. The summed E-state index contributed by atoms with van der Waals surface area (Å²) in [6.07, 6.45) is 2.92. The number of hydrogen-bond acceptors (Lipinski definition) is 2. The van der Waals surface area contributed by atoms with Gasteiger partial charge in [-0.05, 0) is 49.4 Å². The molecular weight excluding hydrogens is 212 g/mol. The Bertz CT molecular complexity index is 481. The Kier molecular flexibility index (Phi) is 4.50. The second-order valence-electron chi connectivity index (χ2n) is 4.85. The Morgan fingerprint density at radius 3 is 2.53 bits per heavy atom. The topological polar surface area (TPSA) is 37.3 Å². The summed E-state index contributed by atoms with van der Waals surface area (Å²) in [5, 5.41) is 9.58. The minimum Gasteiger partial charge on any atom is -0.504 e. The van der Waals surface area contributed by atoms with E-state index in [4.69, 9.17) is 0 Å². The van der Waals surface area contributed by atoms with E-state index in [-0.39, 0.29) is 17.1 Å². The minimum absolute atomic E-state index is 0.169. The summed E-state index contributed by atoms with van der Waals surface area (Å²) in [6, 6.07) is 4.85. The molecule has 0 aliphatic heterocycles. The van der Waals surface area contributed by atoms with Gasteiger partial charge in [-0.1, -0.05) is 31.6 Å². The van der Waals surface area contributed by atoms with Gasteiger partial charge in [0, 0.05) is 0 Å². The number of aromatic hydroxyl groups is 1. The molecule has 0 unspecified atom stereocenters. The van der Waals surface area contributed by atoms with Crippen LogP contribution in [0.4, 0.5) is 0 Å². The molecule has 2 heteroatoms. The molecule has 0 aromatic heterocycles. The first-order valence-electron chi connectivity index (χ1n) is 5.91. The standard InChI is InChI=1S/C15H20O2/c1-10(2)5-6-12-7-8-14(16)15(17)9-13(12)11(3)4/h5,7-9,11H,6H2,1-4H3,(H,16,17). The summed E-state index contributed by atoms with van der Waals surface area (Å²) >= 11 is 0. The smallest absolute Gasteiger partial charge is 0.220 e. The zero-order chi connectivity index (χ0) is 13.0. The van der Waals surface area contributed by atoms with E-state index >= 15 is 0 Å². The third-order valence-electron chi connectivity index (χ3n) is 2.70. The van der Waals surface area contributed by atoms with Gasteiger partial charge in [0.2, 0.25) is 5.43 Å². The first-order valence-corrected chi connectivity index (χ1v) is 5.91. The van der Waals surface area contributed by atoms with Crippen molar-refractivity contribution in [3.63, 3.8) is 0 Å². The highest BCUT2D eigenvalue weighted by Crippen LogP contribution is 2.21. The maximum absolute atomic E-state index is 11.4. The fraction of sp³-hybridized carbons (Fsp3) is 0.400. The fourth-order valence-electron chi connectivity index (χ4n) is 1.71. The molecule has 17 heavy (non-hydrogen) atoms. The van der Waals surface area contributed by atoms with Gasteiger partial charge in [0.05, 0.1) is 0 Å². The van der Waals surface area contributed by atoms with Gasteiger partial charge in [-0.25, -0.2) is 0 Å². The maximum atomic E-state index is 11.4. The van der Waals surface area contributed by atoms with Crippen LogP contribution in [0.5, 0.6) is 5.75 Å². The van der Waals surface area contributed by atoms with Crippen molar-refractivity contribution in [2.75, 3.05) is 0 Å². The zero-order valence-electron chi connectivity index (χ0n) is 10.9. The van der Waals surface area contributed by atoms with E-state index in [9.17, 15) is 9.90 Å². The van der Waals surface area contributed by atoms with Crippen LogP contribution in [-0.2, 0) is 6.42 Å². The molecule has 1 aromatic rings. The van der Waals surface area contributed by atoms with Crippen molar-refractivity contribution >= 4 is 0 Å². The van der Waals surface area contributed by atoms with Crippen LogP contribution in [-0.4, -0.2) is 5.11 Å². The summed E-state index contributed by atoms with van der Waals surface area (Å²) in [5.41, 5.74) is 3.05. The maximum Gasteiger partial charge on any atom is 0.220 e. The van der Waals surface area contributed by atoms with Crippen molar-refractivity contribution in [2.45, 2.75) is 40.0 Å². The normalized spacial score (nSPS) is 10.4. The fourth-order valence-corrected chi connectivity index (χ4v) is 1.71. The summed E-state index contributed by atoms with van der Waals surface area (Å²) in [6.45, 7) is 8.22. The van der Waals surface area contributed by atoms with E-state index in [0.29, 0.717) is 0 Å². The first kappa shape index (κ1) is 13.5. The predicted octanol–water partition coefficient (Wildman–Crippen LogP) is 3.38. The van der Waals surface area contributed by atoms with Crippen LogP contribution in [0.15, 0.2) is 34.6 Å². The molecule has 1 N–H and O–H groups in total. The molecule has 0 spiro atoms. The average molecular weight is 232 g/mol. The van der Waals surface area contributed by atoms with Crippen LogP contribution in [0.25, 0.3) is 0 Å². The van der Waals surface area contributed by atoms with Crippen molar-refractivity contribution in [3.05, 3.63) is 51.2 Å². The molecule has 0 aliphatic rings. The highest BCUT2D eigenvalue weighted by molar-refractivity contribution is 5.36. The second-order valence-corrected chi connectivity index (χ2v) is 4.85. The van der Waals surface area contributed by atoms with E-state index in [1.54, 1.807) is 6.07 Å². The van der Waals surface area contributed by atoms with E-state index in [0.717, 1.165) is 17.5 Å². The molecule has 0 saturated carbocycles. The number of rotatable bonds is 3. The second kappa shape index (κ2) is 5.67. The van der Waals surface area contributed by atoms with Crippen molar-refractivity contribution in [3.8, 4) is 5.75 Å². The summed E-state index contributed by atoms with van der Waals surface area (Å²) in [4.78, 5) is 11.4. The number of allylic oxidation sites excluding steroid dienone is 2. The van der Waals surface area contributed by atoms with Crippen LogP contribution in [0.1, 0.15) is 44.7 Å². The largest absolute Gasteiger partial charge is 0.504 e. The van der Waals surface area contributed by atoms with Crippen LogP contribution in [0.2, 0.25) is 0 Å². The van der Waals surface area contributed by atoms with Crippen molar-refractivity contribution in [2.24, 2.45) is 0 Å². The lowest BCUT2D eigenvalue weighted by Crippen LogP contribution is -1.93. The Morgan fingerprint density at radius 2 is 2.00 bits per heavy atom. The van der Waals surface area contributed by atoms with Crippen LogP contribution >= 0.6 is 0 Å². The van der Waals surface area contributed by atoms with Gasteiger partial charge in [-0.3, -0.25) is 4.79 Å². The Labute approximate surface area is 103 Å². The van der Waals surface area contributed by atoms with Gasteiger partial charge in [-0.2, -0.15) is 0 Å². The molecule has 1 rings (SSSR count). The molecule has 0 heterocycles. The SMILES string of the molecule is CC(C)=CCc1ccc(=O)c(O)cc1C(C)C. The quantitative estimate of drug-likeness (QED) is 0.811. The molecule has 2 nitrogen and oxygen atoms in total. The highest BCUT2D eigenvalue weighted by atomic mass is 16.3. The Morgan fingerprint density at radius 1 is 1.35 bits per heavy atom.